The fourth-order valence-electron chi connectivity index (χ4n) is 1.68. The lowest BCUT2D eigenvalue weighted by Gasteiger charge is -2.17. The number of carbonyl (C=O) groups excluding carboxylic acids is 2. The van der Waals surface area contributed by atoms with Gasteiger partial charge in [0, 0.05) is 17.8 Å². The molecule has 110 valence electrons. The minimum Gasteiger partial charge on any atom is -0.352 e. The first-order valence-electron chi connectivity index (χ1n) is 6.82. The second-order valence-corrected chi connectivity index (χ2v) is 5.15. The summed E-state index contributed by atoms with van der Waals surface area (Å²) < 4.78 is 0. The average molecular weight is 277 g/mol. The van der Waals surface area contributed by atoms with Crippen molar-refractivity contribution in [3.05, 3.63) is 29.3 Å². The van der Waals surface area contributed by atoms with Gasteiger partial charge in [-0.3, -0.25) is 9.59 Å². The summed E-state index contributed by atoms with van der Waals surface area (Å²) in [6.45, 7) is 8.07. The van der Waals surface area contributed by atoms with Crippen LogP contribution in [0.3, 0.4) is 0 Å². The van der Waals surface area contributed by atoms with Gasteiger partial charge in [0.1, 0.15) is 0 Å². The maximum atomic E-state index is 12.0. The van der Waals surface area contributed by atoms with Crippen molar-refractivity contribution in [1.29, 1.82) is 0 Å². The number of benzene rings is 1. The minimum absolute atomic E-state index is 0.0573. The molecule has 0 fully saturated rings. The molecule has 5 nitrogen and oxygen atoms in total. The third kappa shape index (κ3) is 4.06. The van der Waals surface area contributed by atoms with Gasteiger partial charge >= 0.3 is 0 Å². The van der Waals surface area contributed by atoms with E-state index in [1.54, 1.807) is 18.2 Å². The molecule has 1 aromatic rings. The van der Waals surface area contributed by atoms with E-state index in [1.165, 1.54) is 0 Å². The highest BCUT2D eigenvalue weighted by molar-refractivity contribution is 5.99. The van der Waals surface area contributed by atoms with Gasteiger partial charge in [-0.25, -0.2) is 0 Å². The summed E-state index contributed by atoms with van der Waals surface area (Å²) in [7, 11) is 0. The molecule has 0 bridgehead atoms. The number of rotatable bonds is 5. The molecule has 2 amide bonds. The fourth-order valence-corrected chi connectivity index (χ4v) is 1.68. The van der Waals surface area contributed by atoms with Crippen molar-refractivity contribution in [2.75, 3.05) is 11.9 Å². The maximum absolute atomic E-state index is 12.0. The molecule has 0 unspecified atom stereocenters. The van der Waals surface area contributed by atoms with Gasteiger partial charge < -0.3 is 16.4 Å². The Morgan fingerprint density at radius 3 is 2.50 bits per heavy atom. The van der Waals surface area contributed by atoms with Crippen LogP contribution in [0.2, 0.25) is 0 Å². The summed E-state index contributed by atoms with van der Waals surface area (Å²) in [5.41, 5.74) is 7.84. The topological polar surface area (TPSA) is 84.2 Å². The molecule has 0 heterocycles. The highest BCUT2D eigenvalue weighted by Gasteiger charge is 2.18. The lowest BCUT2D eigenvalue weighted by atomic mass is 10.0. The molecule has 1 aromatic carbocycles. The van der Waals surface area contributed by atoms with Gasteiger partial charge in [0.15, 0.2) is 0 Å². The molecular weight excluding hydrogens is 254 g/mol. The highest BCUT2D eigenvalue weighted by Crippen LogP contribution is 2.17. The van der Waals surface area contributed by atoms with Crippen LogP contribution in [0.25, 0.3) is 0 Å². The van der Waals surface area contributed by atoms with Gasteiger partial charge in [-0.15, -0.1) is 0 Å². The van der Waals surface area contributed by atoms with Crippen LogP contribution in [0.1, 0.15) is 36.7 Å². The zero-order valence-electron chi connectivity index (χ0n) is 12.5. The van der Waals surface area contributed by atoms with Crippen LogP contribution in [-0.2, 0) is 4.79 Å². The van der Waals surface area contributed by atoms with E-state index in [-0.39, 0.29) is 17.7 Å². The summed E-state index contributed by atoms with van der Waals surface area (Å²) in [5.74, 6) is -0.339. The van der Waals surface area contributed by atoms with Crippen molar-refractivity contribution < 1.29 is 9.59 Å². The van der Waals surface area contributed by atoms with Gasteiger partial charge in [0.05, 0.1) is 6.04 Å². The van der Waals surface area contributed by atoms with Crippen molar-refractivity contribution in [1.82, 2.24) is 5.32 Å². The molecule has 5 heteroatoms. The number of hydrogen-bond acceptors (Lipinski definition) is 3. The third-order valence-electron chi connectivity index (χ3n) is 3.12. The minimum atomic E-state index is -0.567. The molecular formula is C15H23N3O2. The highest BCUT2D eigenvalue weighted by atomic mass is 16.2. The summed E-state index contributed by atoms with van der Waals surface area (Å²) in [5, 5.41) is 5.51. The Balaban J connectivity index is 2.92. The van der Waals surface area contributed by atoms with E-state index in [4.69, 9.17) is 5.73 Å². The van der Waals surface area contributed by atoms with E-state index in [0.29, 0.717) is 17.8 Å². The maximum Gasteiger partial charge on any atom is 0.251 e. The van der Waals surface area contributed by atoms with E-state index in [1.807, 2.05) is 27.7 Å². The van der Waals surface area contributed by atoms with Gasteiger partial charge in [-0.05, 0) is 37.5 Å². The lowest BCUT2D eigenvalue weighted by molar-refractivity contribution is -0.118. The standard InChI is InChI=1S/C15H23N3O2/c1-5-17-14(19)11-7-6-10(4)12(8-11)18-15(20)13(16)9(2)3/h6-9,13H,5,16H2,1-4H3,(H,17,19)(H,18,20)/t13-/m0/s1. The molecule has 1 atom stereocenters. The van der Waals surface area contributed by atoms with Crippen LogP contribution >= 0.6 is 0 Å². The van der Waals surface area contributed by atoms with Crippen LogP contribution in [0.15, 0.2) is 18.2 Å². The summed E-state index contributed by atoms with van der Waals surface area (Å²) in [4.78, 5) is 23.8. The molecule has 20 heavy (non-hydrogen) atoms. The monoisotopic (exact) mass is 277 g/mol. The van der Waals surface area contributed by atoms with E-state index < -0.39 is 6.04 Å². The summed E-state index contributed by atoms with van der Waals surface area (Å²) >= 11 is 0. The number of anilines is 1. The molecule has 0 radical (unpaired) electrons. The van der Waals surface area contributed by atoms with Gasteiger partial charge in [-0.1, -0.05) is 19.9 Å². The number of hydrogen-bond donors (Lipinski definition) is 3. The van der Waals surface area contributed by atoms with E-state index in [0.717, 1.165) is 5.56 Å². The molecule has 0 aliphatic carbocycles. The largest absolute Gasteiger partial charge is 0.352 e. The molecule has 0 aliphatic heterocycles. The molecule has 1 rings (SSSR count). The lowest BCUT2D eigenvalue weighted by Crippen LogP contribution is -2.39. The average Bonchev–Trinajstić information content (AvgIpc) is 2.40. The van der Waals surface area contributed by atoms with Crippen LogP contribution < -0.4 is 16.4 Å². The van der Waals surface area contributed by atoms with Crippen LogP contribution in [0.5, 0.6) is 0 Å². The molecule has 0 aliphatic rings. The van der Waals surface area contributed by atoms with Gasteiger partial charge in [0.2, 0.25) is 5.91 Å². The van der Waals surface area contributed by atoms with Gasteiger partial charge in [-0.2, -0.15) is 0 Å². The summed E-state index contributed by atoms with van der Waals surface area (Å²) in [6, 6.07) is 4.65. The Hall–Kier alpha value is -1.88. The van der Waals surface area contributed by atoms with E-state index in [9.17, 15) is 9.59 Å². The zero-order chi connectivity index (χ0) is 15.3. The Morgan fingerprint density at radius 1 is 1.30 bits per heavy atom. The first kappa shape index (κ1) is 16.2. The molecule has 4 N–H and O–H groups in total. The first-order valence-corrected chi connectivity index (χ1v) is 6.82. The Morgan fingerprint density at radius 2 is 1.95 bits per heavy atom. The van der Waals surface area contributed by atoms with Crippen molar-refractivity contribution >= 4 is 17.5 Å². The van der Waals surface area contributed by atoms with Gasteiger partial charge in [0.25, 0.3) is 5.91 Å². The molecule has 0 saturated heterocycles. The number of amides is 2. The Bertz CT molecular complexity index is 498. The number of carbonyl (C=O) groups is 2. The first-order chi connectivity index (χ1) is 9.36. The molecule has 0 aromatic heterocycles. The van der Waals surface area contributed by atoms with Crippen LogP contribution in [0.4, 0.5) is 5.69 Å². The quantitative estimate of drug-likeness (QED) is 0.765. The normalized spacial score (nSPS) is 12.1. The smallest absolute Gasteiger partial charge is 0.251 e. The summed E-state index contributed by atoms with van der Waals surface area (Å²) in [6.07, 6.45) is 0. The SMILES string of the molecule is CCNC(=O)c1ccc(C)c(NC(=O)[C@@H](N)C(C)C)c1. The van der Waals surface area contributed by atoms with Crippen molar-refractivity contribution in [2.24, 2.45) is 11.7 Å². The number of aryl methyl sites for hydroxylation is 1. The number of nitrogens with one attached hydrogen (secondary N) is 2. The van der Waals surface area contributed by atoms with E-state index in [2.05, 4.69) is 10.6 Å². The third-order valence-corrected chi connectivity index (χ3v) is 3.12. The second kappa shape index (κ2) is 7.05. The predicted octanol–water partition coefficient (Wildman–Crippen LogP) is 1.67. The molecule has 0 saturated carbocycles. The van der Waals surface area contributed by atoms with Crippen molar-refractivity contribution in [2.45, 2.75) is 33.7 Å². The second-order valence-electron chi connectivity index (χ2n) is 5.15. The Labute approximate surface area is 119 Å². The van der Waals surface area contributed by atoms with Crippen LogP contribution in [0, 0.1) is 12.8 Å². The Kier molecular flexibility index (Phi) is 5.70. The number of nitrogens with two attached hydrogens (primary N) is 1. The van der Waals surface area contributed by atoms with E-state index >= 15 is 0 Å². The van der Waals surface area contributed by atoms with Crippen LogP contribution in [-0.4, -0.2) is 24.4 Å². The van der Waals surface area contributed by atoms with Crippen molar-refractivity contribution in [3.63, 3.8) is 0 Å². The molecule has 0 spiro atoms. The fraction of sp³-hybridized carbons (Fsp3) is 0.467. The predicted molar refractivity (Wildman–Crippen MR) is 80.6 cm³/mol. The zero-order valence-corrected chi connectivity index (χ0v) is 12.5. The van der Waals surface area contributed by atoms with Crippen molar-refractivity contribution in [3.8, 4) is 0 Å².